The van der Waals surface area contributed by atoms with E-state index in [1.165, 1.54) is 11.8 Å². The third kappa shape index (κ3) is 3.97. The zero-order valence-electron chi connectivity index (χ0n) is 14.2. The Kier molecular flexibility index (Phi) is 5.00. The second-order valence-electron chi connectivity index (χ2n) is 6.20. The number of hydrogen-bond acceptors (Lipinski definition) is 5. The van der Waals surface area contributed by atoms with Crippen LogP contribution in [0.1, 0.15) is 19.8 Å². The van der Waals surface area contributed by atoms with Crippen molar-refractivity contribution in [3.63, 3.8) is 0 Å². The van der Waals surface area contributed by atoms with Crippen molar-refractivity contribution in [2.75, 3.05) is 12.9 Å². The molecule has 0 bridgehead atoms. The maximum absolute atomic E-state index is 12.2. The summed E-state index contributed by atoms with van der Waals surface area (Å²) < 4.78 is 7.09. The van der Waals surface area contributed by atoms with E-state index in [4.69, 9.17) is 4.74 Å². The zero-order chi connectivity index (χ0) is 17.9. The maximum atomic E-state index is 12.2. The Labute approximate surface area is 151 Å². The first-order valence-corrected chi connectivity index (χ1v) is 9.07. The van der Waals surface area contributed by atoms with E-state index in [0.29, 0.717) is 0 Å². The zero-order valence-corrected chi connectivity index (χ0v) is 15.0. The number of thioether (sulfide) groups is 1. The second-order valence-corrected chi connectivity index (χ2v) is 7.15. The van der Waals surface area contributed by atoms with Crippen LogP contribution in [0.3, 0.4) is 0 Å². The molecule has 25 heavy (non-hydrogen) atoms. The van der Waals surface area contributed by atoms with Crippen LogP contribution in [0.4, 0.5) is 0 Å². The summed E-state index contributed by atoms with van der Waals surface area (Å²) >= 11 is 1.35. The van der Waals surface area contributed by atoms with Gasteiger partial charge in [0.2, 0.25) is 5.91 Å². The molecule has 1 aliphatic carbocycles. The van der Waals surface area contributed by atoms with Crippen molar-refractivity contribution in [2.24, 2.45) is 5.92 Å². The third-order valence-corrected chi connectivity index (χ3v) is 5.28. The van der Waals surface area contributed by atoms with Crippen molar-refractivity contribution < 1.29 is 9.53 Å². The number of methoxy groups -OCH3 is 1. The van der Waals surface area contributed by atoms with Crippen molar-refractivity contribution in [3.8, 4) is 17.5 Å². The summed E-state index contributed by atoms with van der Waals surface area (Å²) in [5, 5.41) is 12.9. The van der Waals surface area contributed by atoms with Crippen molar-refractivity contribution >= 4 is 17.7 Å². The van der Waals surface area contributed by atoms with Crippen LogP contribution in [0.25, 0.3) is 5.69 Å². The predicted molar refractivity (Wildman–Crippen MR) is 95.7 cm³/mol. The fourth-order valence-electron chi connectivity index (χ4n) is 2.67. The highest BCUT2D eigenvalue weighted by atomic mass is 32.2. The average Bonchev–Trinajstić information content (AvgIpc) is 3.39. The minimum atomic E-state index is -0.761. The number of benzene rings is 1. The first-order valence-electron chi connectivity index (χ1n) is 8.08. The summed E-state index contributed by atoms with van der Waals surface area (Å²) in [4.78, 5) is 16.6. The van der Waals surface area contributed by atoms with Gasteiger partial charge in [-0.05, 0) is 49.9 Å². The van der Waals surface area contributed by atoms with E-state index in [2.05, 4.69) is 16.4 Å². The molecule has 1 aromatic heterocycles. The van der Waals surface area contributed by atoms with Crippen molar-refractivity contribution in [1.82, 2.24) is 14.9 Å². The van der Waals surface area contributed by atoms with Gasteiger partial charge in [-0.15, -0.1) is 0 Å². The first kappa shape index (κ1) is 17.4. The summed E-state index contributed by atoms with van der Waals surface area (Å²) in [6, 6.07) is 9.87. The van der Waals surface area contributed by atoms with E-state index in [9.17, 15) is 10.1 Å². The molecule has 2 aromatic rings. The average molecular weight is 356 g/mol. The molecule has 1 saturated carbocycles. The number of carbonyl (C=O) groups is 1. The lowest BCUT2D eigenvalue weighted by atomic mass is 9.98. The molecule has 130 valence electrons. The van der Waals surface area contributed by atoms with Gasteiger partial charge in [-0.25, -0.2) is 4.98 Å². The molecule has 0 aliphatic heterocycles. The van der Waals surface area contributed by atoms with Gasteiger partial charge in [0.15, 0.2) is 5.16 Å². The minimum Gasteiger partial charge on any atom is -0.497 e. The van der Waals surface area contributed by atoms with Gasteiger partial charge in [0.1, 0.15) is 11.3 Å². The third-order valence-electron chi connectivity index (χ3n) is 4.31. The lowest BCUT2D eigenvalue weighted by molar-refractivity contribution is -0.119. The Balaban J connectivity index is 1.63. The molecule has 0 unspecified atom stereocenters. The molecule has 1 fully saturated rings. The van der Waals surface area contributed by atoms with Crippen LogP contribution in [-0.2, 0) is 4.79 Å². The van der Waals surface area contributed by atoms with Crippen molar-refractivity contribution in [2.45, 2.75) is 30.5 Å². The number of aromatic nitrogens is 2. The molecular formula is C18H20N4O2S. The number of imidazole rings is 1. The Morgan fingerprint density at radius 3 is 2.80 bits per heavy atom. The van der Waals surface area contributed by atoms with E-state index in [1.54, 1.807) is 20.2 Å². The number of hydrogen-bond donors (Lipinski definition) is 1. The van der Waals surface area contributed by atoms with E-state index in [-0.39, 0.29) is 17.6 Å². The number of amides is 1. The van der Waals surface area contributed by atoms with E-state index in [0.717, 1.165) is 29.4 Å². The standard InChI is InChI=1S/C18H20N4O2S/c1-18(12-19,13-3-4-13)21-16(23)11-25-17-20-9-10-22(17)14-5-7-15(24-2)8-6-14/h5-10,13H,3-4,11H2,1-2H3,(H,21,23)/t18-/m1/s1. The van der Waals surface area contributed by atoms with Crippen LogP contribution in [0.5, 0.6) is 5.75 Å². The number of rotatable bonds is 7. The fraction of sp³-hybridized carbons (Fsp3) is 0.389. The lowest BCUT2D eigenvalue weighted by Crippen LogP contribution is -2.47. The Bertz CT molecular complexity index is 792. The second kappa shape index (κ2) is 7.19. The highest BCUT2D eigenvalue weighted by Gasteiger charge is 2.42. The number of nitrogens with zero attached hydrogens (tertiary/aromatic N) is 3. The Morgan fingerprint density at radius 2 is 2.20 bits per heavy atom. The molecule has 3 rings (SSSR count). The van der Waals surface area contributed by atoms with Gasteiger partial charge in [-0.3, -0.25) is 9.36 Å². The summed E-state index contributed by atoms with van der Waals surface area (Å²) in [6.45, 7) is 1.80. The quantitative estimate of drug-likeness (QED) is 0.772. The van der Waals surface area contributed by atoms with Gasteiger partial charge in [0, 0.05) is 18.1 Å². The summed E-state index contributed by atoms with van der Waals surface area (Å²) in [5.74, 6) is 1.13. The maximum Gasteiger partial charge on any atom is 0.231 e. The molecule has 0 radical (unpaired) electrons. The topological polar surface area (TPSA) is 79.9 Å². The van der Waals surface area contributed by atoms with Crippen LogP contribution < -0.4 is 10.1 Å². The van der Waals surface area contributed by atoms with Gasteiger partial charge in [-0.1, -0.05) is 11.8 Å². The number of nitriles is 1. The summed E-state index contributed by atoms with van der Waals surface area (Å²) in [6.07, 6.45) is 5.55. The predicted octanol–water partition coefficient (Wildman–Crippen LogP) is 2.78. The Morgan fingerprint density at radius 1 is 1.48 bits per heavy atom. The number of ether oxygens (including phenoxy) is 1. The fourth-order valence-corrected chi connectivity index (χ4v) is 3.45. The lowest BCUT2D eigenvalue weighted by Gasteiger charge is -2.22. The Hall–Kier alpha value is -2.46. The smallest absolute Gasteiger partial charge is 0.231 e. The molecule has 1 aromatic carbocycles. The highest BCUT2D eigenvalue weighted by Crippen LogP contribution is 2.39. The van der Waals surface area contributed by atoms with Gasteiger partial charge in [0.25, 0.3) is 0 Å². The molecule has 0 spiro atoms. The molecule has 6 nitrogen and oxygen atoms in total. The minimum absolute atomic E-state index is 0.148. The van der Waals surface area contributed by atoms with Gasteiger partial charge in [-0.2, -0.15) is 5.26 Å². The van der Waals surface area contributed by atoms with Crippen LogP contribution in [0.2, 0.25) is 0 Å². The van der Waals surface area contributed by atoms with Crippen molar-refractivity contribution in [1.29, 1.82) is 5.26 Å². The molecule has 1 amide bonds. The first-order chi connectivity index (χ1) is 12.1. The summed E-state index contributed by atoms with van der Waals surface area (Å²) in [5.41, 5.74) is 0.185. The van der Waals surface area contributed by atoms with Crippen LogP contribution in [0, 0.1) is 17.2 Å². The molecule has 1 atom stereocenters. The molecule has 1 N–H and O–H groups in total. The van der Waals surface area contributed by atoms with Gasteiger partial charge >= 0.3 is 0 Å². The molecule has 7 heteroatoms. The highest BCUT2D eigenvalue weighted by molar-refractivity contribution is 7.99. The van der Waals surface area contributed by atoms with Crippen LogP contribution >= 0.6 is 11.8 Å². The van der Waals surface area contributed by atoms with Gasteiger partial charge in [0.05, 0.1) is 18.9 Å². The molecular weight excluding hydrogens is 336 g/mol. The molecule has 0 saturated heterocycles. The number of carbonyl (C=O) groups excluding carboxylic acids is 1. The van der Waals surface area contributed by atoms with Crippen molar-refractivity contribution in [3.05, 3.63) is 36.7 Å². The SMILES string of the molecule is COc1ccc(-n2ccnc2SCC(=O)N[C@](C)(C#N)C2CC2)cc1. The summed E-state index contributed by atoms with van der Waals surface area (Å²) in [7, 11) is 1.63. The number of nitrogens with one attached hydrogen (secondary N) is 1. The molecule has 1 aliphatic rings. The molecule has 1 heterocycles. The van der Waals surface area contributed by atoms with Gasteiger partial charge < -0.3 is 10.1 Å². The van der Waals surface area contributed by atoms with Crippen LogP contribution in [0.15, 0.2) is 41.8 Å². The van der Waals surface area contributed by atoms with Crippen LogP contribution in [-0.4, -0.2) is 33.9 Å². The van der Waals surface area contributed by atoms with E-state index < -0.39 is 5.54 Å². The van der Waals surface area contributed by atoms with E-state index >= 15 is 0 Å². The van der Waals surface area contributed by atoms with E-state index in [1.807, 2.05) is 35.0 Å². The largest absolute Gasteiger partial charge is 0.497 e. The normalized spacial score (nSPS) is 15.9. The monoisotopic (exact) mass is 356 g/mol.